The van der Waals surface area contributed by atoms with E-state index in [9.17, 15) is 0 Å². The third-order valence-electron chi connectivity index (χ3n) is 1.68. The first-order valence-corrected chi connectivity index (χ1v) is 4.68. The van der Waals surface area contributed by atoms with Crippen molar-refractivity contribution in [2.24, 2.45) is 0 Å². The molecule has 0 bridgehead atoms. The first-order valence-electron chi connectivity index (χ1n) is 3.80. The Balaban J connectivity index is 2.62. The Bertz CT molecular complexity index is 257. The van der Waals surface area contributed by atoms with Gasteiger partial charge in [-0.2, -0.15) is 5.26 Å². The molecule has 0 atom stereocenters. The van der Waals surface area contributed by atoms with E-state index in [2.05, 4.69) is 24.4 Å². The number of hydrogen-bond acceptors (Lipinski definition) is 2. The summed E-state index contributed by atoms with van der Waals surface area (Å²) in [6.07, 6.45) is 2.66. The van der Waals surface area contributed by atoms with E-state index in [4.69, 9.17) is 5.26 Å². The molecule has 0 saturated heterocycles. The molecule has 0 spiro atoms. The molecule has 1 heterocycles. The van der Waals surface area contributed by atoms with Gasteiger partial charge in [-0.25, -0.2) is 0 Å². The molecule has 1 aromatic heterocycles. The highest BCUT2D eigenvalue weighted by molar-refractivity contribution is 7.10. The van der Waals surface area contributed by atoms with Crippen molar-refractivity contribution in [3.8, 4) is 6.07 Å². The Kier molecular flexibility index (Phi) is 3.13. The molecule has 0 aliphatic rings. The van der Waals surface area contributed by atoms with Gasteiger partial charge in [0.1, 0.15) is 0 Å². The molecule has 0 aromatic carbocycles. The van der Waals surface area contributed by atoms with Crippen LogP contribution in [0.5, 0.6) is 0 Å². The number of hydrogen-bond donors (Lipinski definition) is 0. The van der Waals surface area contributed by atoms with Crippen molar-refractivity contribution < 1.29 is 0 Å². The Labute approximate surface area is 71.3 Å². The van der Waals surface area contributed by atoms with E-state index in [0.717, 1.165) is 12.8 Å². The van der Waals surface area contributed by atoms with Crippen LogP contribution in [-0.2, 0) is 12.8 Å². The molecule has 0 fully saturated rings. The van der Waals surface area contributed by atoms with Gasteiger partial charge in [-0.1, -0.05) is 6.92 Å². The molecule has 0 aliphatic heterocycles. The van der Waals surface area contributed by atoms with E-state index in [-0.39, 0.29) is 0 Å². The Hall–Kier alpha value is -0.810. The largest absolute Gasteiger partial charge is 0.198 e. The van der Waals surface area contributed by atoms with Crippen molar-refractivity contribution >= 4 is 11.3 Å². The highest BCUT2D eigenvalue weighted by atomic mass is 32.1. The average Bonchev–Trinajstić information content (AvgIpc) is 2.47. The SMILES string of the molecule is CCc1ccsc1CCC#N. The summed E-state index contributed by atoms with van der Waals surface area (Å²) < 4.78 is 0. The number of rotatable bonds is 3. The molecule has 2 heteroatoms. The first kappa shape index (κ1) is 8.29. The van der Waals surface area contributed by atoms with E-state index in [1.54, 1.807) is 11.3 Å². The molecule has 0 aliphatic carbocycles. The van der Waals surface area contributed by atoms with Crippen LogP contribution >= 0.6 is 11.3 Å². The van der Waals surface area contributed by atoms with Crippen LogP contribution in [0.2, 0.25) is 0 Å². The van der Waals surface area contributed by atoms with Gasteiger partial charge in [0.15, 0.2) is 0 Å². The van der Waals surface area contributed by atoms with Gasteiger partial charge >= 0.3 is 0 Å². The summed E-state index contributed by atoms with van der Waals surface area (Å²) in [7, 11) is 0. The topological polar surface area (TPSA) is 23.8 Å². The van der Waals surface area contributed by atoms with Gasteiger partial charge in [0.25, 0.3) is 0 Å². The second kappa shape index (κ2) is 4.15. The van der Waals surface area contributed by atoms with Gasteiger partial charge in [-0.05, 0) is 29.9 Å². The summed E-state index contributed by atoms with van der Waals surface area (Å²) in [5.74, 6) is 0. The molecular formula is C9H11NS. The molecule has 0 N–H and O–H groups in total. The van der Waals surface area contributed by atoms with Crippen molar-refractivity contribution in [3.05, 3.63) is 21.9 Å². The Morgan fingerprint density at radius 2 is 2.45 bits per heavy atom. The van der Waals surface area contributed by atoms with Crippen molar-refractivity contribution in [2.75, 3.05) is 0 Å². The van der Waals surface area contributed by atoms with Crippen LogP contribution in [0.25, 0.3) is 0 Å². The van der Waals surface area contributed by atoms with Gasteiger partial charge in [0.05, 0.1) is 6.07 Å². The van der Waals surface area contributed by atoms with Gasteiger partial charge in [0.2, 0.25) is 0 Å². The summed E-state index contributed by atoms with van der Waals surface area (Å²) >= 11 is 1.76. The van der Waals surface area contributed by atoms with Gasteiger partial charge in [0, 0.05) is 11.3 Å². The standard InChI is InChI=1S/C9H11NS/c1-2-8-5-7-11-9(8)4-3-6-10/h5,7H,2-4H2,1H3. The van der Waals surface area contributed by atoms with Crippen LogP contribution in [0.4, 0.5) is 0 Å². The summed E-state index contributed by atoms with van der Waals surface area (Å²) in [6.45, 7) is 2.15. The third-order valence-corrected chi connectivity index (χ3v) is 2.71. The molecule has 1 aromatic rings. The summed E-state index contributed by atoms with van der Waals surface area (Å²) in [5, 5.41) is 10.5. The van der Waals surface area contributed by atoms with Crippen LogP contribution in [0, 0.1) is 11.3 Å². The minimum absolute atomic E-state index is 0.646. The fourth-order valence-corrected chi connectivity index (χ4v) is 2.05. The monoisotopic (exact) mass is 165 g/mol. The number of nitrogens with zero attached hydrogens (tertiary/aromatic N) is 1. The van der Waals surface area contributed by atoms with Crippen molar-refractivity contribution in [3.63, 3.8) is 0 Å². The summed E-state index contributed by atoms with van der Waals surface area (Å²) in [4.78, 5) is 1.38. The lowest BCUT2D eigenvalue weighted by Gasteiger charge is -1.95. The second-order valence-corrected chi connectivity index (χ2v) is 3.38. The normalized spacial score (nSPS) is 9.45. The van der Waals surface area contributed by atoms with Crippen LogP contribution in [0.1, 0.15) is 23.8 Å². The predicted octanol–water partition coefficient (Wildman–Crippen LogP) is 2.77. The van der Waals surface area contributed by atoms with E-state index >= 15 is 0 Å². The molecule has 0 amide bonds. The summed E-state index contributed by atoms with van der Waals surface area (Å²) in [5.41, 5.74) is 1.41. The zero-order valence-electron chi connectivity index (χ0n) is 6.63. The Morgan fingerprint density at radius 3 is 3.09 bits per heavy atom. The molecular weight excluding hydrogens is 154 g/mol. The lowest BCUT2D eigenvalue weighted by atomic mass is 10.1. The minimum atomic E-state index is 0.646. The molecule has 58 valence electrons. The molecule has 11 heavy (non-hydrogen) atoms. The number of nitriles is 1. The molecule has 1 rings (SSSR count). The third kappa shape index (κ3) is 2.06. The smallest absolute Gasteiger partial charge is 0.0625 e. The van der Waals surface area contributed by atoms with E-state index < -0.39 is 0 Å². The van der Waals surface area contributed by atoms with Gasteiger partial charge < -0.3 is 0 Å². The quantitative estimate of drug-likeness (QED) is 0.675. The zero-order chi connectivity index (χ0) is 8.10. The average molecular weight is 165 g/mol. The lowest BCUT2D eigenvalue weighted by Crippen LogP contribution is -1.84. The number of thiophene rings is 1. The maximum atomic E-state index is 8.38. The van der Waals surface area contributed by atoms with Gasteiger partial charge in [-0.3, -0.25) is 0 Å². The highest BCUT2D eigenvalue weighted by Crippen LogP contribution is 2.18. The molecule has 1 nitrogen and oxygen atoms in total. The molecule has 0 radical (unpaired) electrons. The fraction of sp³-hybridized carbons (Fsp3) is 0.444. The molecule has 0 saturated carbocycles. The van der Waals surface area contributed by atoms with Crippen molar-refractivity contribution in [1.82, 2.24) is 0 Å². The van der Waals surface area contributed by atoms with Crippen molar-refractivity contribution in [1.29, 1.82) is 5.26 Å². The Morgan fingerprint density at radius 1 is 1.64 bits per heavy atom. The zero-order valence-corrected chi connectivity index (χ0v) is 7.45. The number of aryl methyl sites for hydroxylation is 2. The van der Waals surface area contributed by atoms with Gasteiger partial charge in [-0.15, -0.1) is 11.3 Å². The maximum absolute atomic E-state index is 8.38. The maximum Gasteiger partial charge on any atom is 0.0625 e. The second-order valence-electron chi connectivity index (χ2n) is 2.38. The first-order chi connectivity index (χ1) is 5.38. The fourth-order valence-electron chi connectivity index (χ4n) is 1.07. The minimum Gasteiger partial charge on any atom is -0.198 e. The van der Waals surface area contributed by atoms with Crippen LogP contribution in [0.15, 0.2) is 11.4 Å². The van der Waals surface area contributed by atoms with Crippen LogP contribution in [0.3, 0.4) is 0 Å². The lowest BCUT2D eigenvalue weighted by molar-refractivity contribution is 0.998. The highest BCUT2D eigenvalue weighted by Gasteiger charge is 2.00. The van der Waals surface area contributed by atoms with Crippen LogP contribution < -0.4 is 0 Å². The van der Waals surface area contributed by atoms with Crippen LogP contribution in [-0.4, -0.2) is 0 Å². The van der Waals surface area contributed by atoms with Crippen molar-refractivity contribution in [2.45, 2.75) is 26.2 Å². The predicted molar refractivity (Wildman–Crippen MR) is 47.6 cm³/mol. The van der Waals surface area contributed by atoms with E-state index in [1.165, 1.54) is 10.4 Å². The van der Waals surface area contributed by atoms with E-state index in [1.807, 2.05) is 0 Å². The molecule has 0 unspecified atom stereocenters. The van der Waals surface area contributed by atoms with E-state index in [0.29, 0.717) is 6.42 Å². The summed E-state index contributed by atoms with van der Waals surface area (Å²) in [6, 6.07) is 4.31.